The molecule has 0 spiro atoms. The van der Waals surface area contributed by atoms with Crippen LogP contribution in [0.25, 0.3) is 11.2 Å². The molecule has 9 heteroatoms. The van der Waals surface area contributed by atoms with E-state index in [9.17, 15) is 14.4 Å². The van der Waals surface area contributed by atoms with Crippen molar-refractivity contribution in [1.82, 2.24) is 18.7 Å². The Bertz CT molecular complexity index is 833. The first-order valence-corrected chi connectivity index (χ1v) is 7.94. The molecule has 2 rings (SSSR count). The van der Waals surface area contributed by atoms with E-state index in [1.165, 1.54) is 23.4 Å². The third kappa shape index (κ3) is 2.80. The van der Waals surface area contributed by atoms with Crippen LogP contribution < -0.4 is 17.0 Å². The van der Waals surface area contributed by atoms with Gasteiger partial charge in [0, 0.05) is 20.6 Å². The van der Waals surface area contributed by atoms with Gasteiger partial charge in [-0.05, 0) is 6.42 Å². The van der Waals surface area contributed by atoms with E-state index in [1.807, 2.05) is 6.92 Å². The molecule has 1 amide bonds. The Balaban J connectivity index is 2.71. The Kier molecular flexibility index (Phi) is 4.74. The number of hydrogen-bond acceptors (Lipinski definition) is 5. The average Bonchev–Trinajstić information content (AvgIpc) is 2.85. The van der Waals surface area contributed by atoms with Crippen LogP contribution in [0.15, 0.2) is 14.7 Å². The van der Waals surface area contributed by atoms with Crippen molar-refractivity contribution < 1.29 is 4.79 Å². The topological polar surface area (TPSA) is 105 Å². The van der Waals surface area contributed by atoms with Gasteiger partial charge in [0.2, 0.25) is 5.91 Å². The zero-order chi connectivity index (χ0) is 16.4. The third-order valence-corrected chi connectivity index (χ3v) is 4.39. The van der Waals surface area contributed by atoms with Gasteiger partial charge in [-0.25, -0.2) is 9.78 Å². The van der Waals surface area contributed by atoms with Crippen LogP contribution in [0.4, 0.5) is 0 Å². The van der Waals surface area contributed by atoms with Gasteiger partial charge in [0.05, 0.1) is 5.75 Å². The average molecular weight is 325 g/mol. The normalized spacial score (nSPS) is 11.2. The van der Waals surface area contributed by atoms with E-state index < -0.39 is 11.6 Å². The number of carbonyl (C=O) groups is 1. The second-order valence-electron chi connectivity index (χ2n) is 5.03. The Morgan fingerprint density at radius 1 is 1.27 bits per heavy atom. The van der Waals surface area contributed by atoms with E-state index in [2.05, 4.69) is 4.98 Å². The predicted molar refractivity (Wildman–Crippen MR) is 85.0 cm³/mol. The summed E-state index contributed by atoms with van der Waals surface area (Å²) in [4.78, 5) is 39.8. The number of aryl methyl sites for hydroxylation is 2. The highest BCUT2D eigenvalue weighted by Gasteiger charge is 2.19. The predicted octanol–water partition coefficient (Wildman–Crippen LogP) is -0.189. The molecular weight excluding hydrogens is 306 g/mol. The lowest BCUT2D eigenvalue weighted by molar-refractivity contribution is -0.115. The standard InChI is InChI=1S/C13H19N5O3S/c1-4-5-6-18-9-10(15-12(18)22-7-8(14)19)16(2)13(21)17(3)11(9)20/h4-7H2,1-3H3,(H2,14,19). The molecule has 2 heterocycles. The van der Waals surface area contributed by atoms with Crippen molar-refractivity contribution in [3.05, 3.63) is 20.8 Å². The number of primary amides is 1. The molecule has 2 N–H and O–H groups in total. The molecule has 0 aromatic carbocycles. The molecule has 0 radical (unpaired) electrons. The first-order chi connectivity index (χ1) is 10.4. The molecule has 22 heavy (non-hydrogen) atoms. The minimum absolute atomic E-state index is 0.0731. The monoisotopic (exact) mass is 325 g/mol. The molecule has 0 aliphatic rings. The van der Waals surface area contributed by atoms with Gasteiger partial charge in [-0.3, -0.25) is 18.7 Å². The summed E-state index contributed by atoms with van der Waals surface area (Å²) in [6.45, 7) is 2.64. The fraction of sp³-hybridized carbons (Fsp3) is 0.538. The van der Waals surface area contributed by atoms with Gasteiger partial charge in [-0.2, -0.15) is 0 Å². The fourth-order valence-corrected chi connectivity index (χ4v) is 2.96. The summed E-state index contributed by atoms with van der Waals surface area (Å²) in [6.07, 6.45) is 1.81. The van der Waals surface area contributed by atoms with Gasteiger partial charge in [0.1, 0.15) is 0 Å². The quantitative estimate of drug-likeness (QED) is 0.741. The Morgan fingerprint density at radius 3 is 2.55 bits per heavy atom. The molecule has 0 atom stereocenters. The highest BCUT2D eigenvalue weighted by atomic mass is 32.2. The molecule has 2 aromatic heterocycles. The number of unbranched alkanes of at least 4 members (excludes halogenated alkanes) is 1. The first kappa shape index (κ1) is 16.3. The maximum Gasteiger partial charge on any atom is 0.332 e. The number of fused-ring (bicyclic) bond motifs is 1. The SMILES string of the molecule is CCCCn1c(SCC(N)=O)nc2c1c(=O)n(C)c(=O)n2C. The number of nitrogens with two attached hydrogens (primary N) is 1. The molecule has 0 aliphatic carbocycles. The van der Waals surface area contributed by atoms with E-state index >= 15 is 0 Å². The van der Waals surface area contributed by atoms with Gasteiger partial charge >= 0.3 is 5.69 Å². The van der Waals surface area contributed by atoms with Crippen molar-refractivity contribution >= 4 is 28.8 Å². The smallest absolute Gasteiger partial charge is 0.332 e. The van der Waals surface area contributed by atoms with E-state index in [1.54, 1.807) is 11.6 Å². The lowest BCUT2D eigenvalue weighted by atomic mass is 10.3. The van der Waals surface area contributed by atoms with E-state index in [0.29, 0.717) is 22.9 Å². The molecule has 0 saturated carbocycles. The van der Waals surface area contributed by atoms with Gasteiger partial charge < -0.3 is 10.3 Å². The molecule has 0 bridgehead atoms. The zero-order valence-electron chi connectivity index (χ0n) is 12.8. The number of aromatic nitrogens is 4. The van der Waals surface area contributed by atoms with Crippen molar-refractivity contribution in [2.75, 3.05) is 5.75 Å². The second kappa shape index (κ2) is 6.39. The number of thioether (sulfide) groups is 1. The van der Waals surface area contributed by atoms with Gasteiger partial charge in [0.25, 0.3) is 5.56 Å². The molecule has 2 aromatic rings. The molecule has 0 saturated heterocycles. The summed E-state index contributed by atoms with van der Waals surface area (Å²) in [6, 6.07) is 0. The molecule has 0 fully saturated rings. The number of imidazole rings is 1. The van der Waals surface area contributed by atoms with Crippen LogP contribution in [0.5, 0.6) is 0 Å². The Morgan fingerprint density at radius 2 is 1.95 bits per heavy atom. The van der Waals surface area contributed by atoms with Crippen molar-refractivity contribution in [1.29, 1.82) is 0 Å². The summed E-state index contributed by atoms with van der Waals surface area (Å²) < 4.78 is 4.18. The summed E-state index contributed by atoms with van der Waals surface area (Å²) in [7, 11) is 3.02. The highest BCUT2D eigenvalue weighted by Crippen LogP contribution is 2.21. The van der Waals surface area contributed by atoms with E-state index in [0.717, 1.165) is 17.4 Å². The lowest BCUT2D eigenvalue weighted by Gasteiger charge is -2.08. The number of rotatable bonds is 6. The third-order valence-electron chi connectivity index (χ3n) is 3.39. The van der Waals surface area contributed by atoms with Gasteiger partial charge in [-0.1, -0.05) is 25.1 Å². The van der Waals surface area contributed by atoms with Gasteiger partial charge in [0.15, 0.2) is 16.3 Å². The summed E-state index contributed by atoms with van der Waals surface area (Å²) in [5.74, 6) is -0.384. The van der Waals surface area contributed by atoms with E-state index in [4.69, 9.17) is 5.73 Å². The second-order valence-corrected chi connectivity index (χ2v) is 5.98. The maximum absolute atomic E-state index is 12.4. The number of hydrogen-bond donors (Lipinski definition) is 1. The van der Waals surface area contributed by atoms with Gasteiger partial charge in [-0.15, -0.1) is 0 Å². The molecule has 8 nitrogen and oxygen atoms in total. The van der Waals surface area contributed by atoms with Crippen LogP contribution >= 0.6 is 11.8 Å². The van der Waals surface area contributed by atoms with E-state index in [-0.39, 0.29) is 11.3 Å². The number of nitrogens with zero attached hydrogens (tertiary/aromatic N) is 4. The largest absolute Gasteiger partial charge is 0.369 e. The Labute approximate surface area is 130 Å². The van der Waals surface area contributed by atoms with Crippen LogP contribution in [0.2, 0.25) is 0 Å². The van der Waals surface area contributed by atoms with Crippen LogP contribution in [0.3, 0.4) is 0 Å². The Hall–Kier alpha value is -2.03. The van der Waals surface area contributed by atoms with Crippen molar-refractivity contribution in [3.8, 4) is 0 Å². The van der Waals surface area contributed by atoms with Crippen molar-refractivity contribution in [3.63, 3.8) is 0 Å². The summed E-state index contributed by atoms with van der Waals surface area (Å²) in [5.41, 5.74) is 5.08. The zero-order valence-corrected chi connectivity index (χ0v) is 13.6. The summed E-state index contributed by atoms with van der Waals surface area (Å²) >= 11 is 1.17. The summed E-state index contributed by atoms with van der Waals surface area (Å²) in [5, 5.41) is 0.528. The highest BCUT2D eigenvalue weighted by molar-refractivity contribution is 7.99. The van der Waals surface area contributed by atoms with Crippen LogP contribution in [-0.2, 0) is 25.4 Å². The van der Waals surface area contributed by atoms with Crippen molar-refractivity contribution in [2.45, 2.75) is 31.5 Å². The first-order valence-electron chi connectivity index (χ1n) is 6.95. The minimum atomic E-state index is -0.458. The fourth-order valence-electron chi connectivity index (χ4n) is 2.20. The van der Waals surface area contributed by atoms with Crippen LogP contribution in [0.1, 0.15) is 19.8 Å². The molecular formula is C13H19N5O3S. The minimum Gasteiger partial charge on any atom is -0.369 e. The molecule has 120 valence electrons. The number of carbonyl (C=O) groups excluding carboxylic acids is 1. The van der Waals surface area contributed by atoms with Crippen LogP contribution in [0, 0.1) is 0 Å². The van der Waals surface area contributed by atoms with Crippen molar-refractivity contribution in [2.24, 2.45) is 19.8 Å². The molecule has 0 unspecified atom stereocenters. The molecule has 0 aliphatic heterocycles. The van der Waals surface area contributed by atoms with Crippen LogP contribution in [-0.4, -0.2) is 30.3 Å². The maximum atomic E-state index is 12.4. The lowest BCUT2D eigenvalue weighted by Crippen LogP contribution is -2.37. The number of amides is 1.